The Morgan fingerprint density at radius 1 is 1.38 bits per heavy atom. The van der Waals surface area contributed by atoms with E-state index >= 15 is 0 Å². The van der Waals surface area contributed by atoms with Crippen LogP contribution in [0.5, 0.6) is 0 Å². The van der Waals surface area contributed by atoms with Crippen molar-refractivity contribution in [2.75, 3.05) is 0 Å². The number of carbonyl (C=O) groups excluding carboxylic acids is 1. The Morgan fingerprint density at radius 3 is 2.54 bits per heavy atom. The normalized spacial score (nSPS) is 11.3. The number of nitrogens with two attached hydrogens (primary N) is 1. The van der Waals surface area contributed by atoms with Crippen molar-refractivity contribution in [3.05, 3.63) is 41.5 Å². The average Bonchev–Trinajstić information content (AvgIpc) is 2.04. The molecule has 0 aliphatic carbocycles. The number of hydrogen-bond acceptors (Lipinski definition) is 1. The van der Waals surface area contributed by atoms with Crippen LogP contribution in [0.4, 0.5) is 0 Å². The summed E-state index contributed by atoms with van der Waals surface area (Å²) in [5, 5.41) is 0. The Bertz CT molecular complexity index is 314. The van der Waals surface area contributed by atoms with Crippen molar-refractivity contribution >= 4 is 12.0 Å². The molecular formula is C11H13NO. The summed E-state index contributed by atoms with van der Waals surface area (Å²) in [6.45, 7) is 1.90. The second-order valence-electron chi connectivity index (χ2n) is 3.04. The number of carbonyl (C=O) groups is 1. The fourth-order valence-electron chi connectivity index (χ4n) is 1.16. The molecule has 0 saturated heterocycles. The van der Waals surface area contributed by atoms with Crippen molar-refractivity contribution < 1.29 is 4.79 Å². The molecule has 0 fully saturated rings. The molecule has 2 nitrogen and oxygen atoms in total. The molecule has 2 N–H and O–H groups in total. The summed E-state index contributed by atoms with van der Waals surface area (Å²) in [5.74, 6) is -0.287. The van der Waals surface area contributed by atoms with Gasteiger partial charge in [0.05, 0.1) is 0 Å². The van der Waals surface area contributed by atoms with E-state index in [0.717, 1.165) is 11.1 Å². The van der Waals surface area contributed by atoms with E-state index in [2.05, 4.69) is 0 Å². The van der Waals surface area contributed by atoms with Gasteiger partial charge in [0, 0.05) is 6.42 Å². The van der Waals surface area contributed by atoms with E-state index < -0.39 is 0 Å². The van der Waals surface area contributed by atoms with E-state index in [1.165, 1.54) is 0 Å². The number of rotatable bonds is 3. The van der Waals surface area contributed by atoms with Crippen LogP contribution in [0.1, 0.15) is 18.9 Å². The lowest BCUT2D eigenvalue weighted by Crippen LogP contribution is -2.10. The molecule has 1 amide bonds. The summed E-state index contributed by atoms with van der Waals surface area (Å²) < 4.78 is 0. The van der Waals surface area contributed by atoms with Crippen LogP contribution in [-0.4, -0.2) is 5.91 Å². The highest BCUT2D eigenvalue weighted by Gasteiger charge is 1.95. The zero-order valence-corrected chi connectivity index (χ0v) is 7.66. The average molecular weight is 175 g/mol. The fraction of sp³-hybridized carbons (Fsp3) is 0.182. The van der Waals surface area contributed by atoms with Crippen LogP contribution >= 0.6 is 0 Å². The molecular weight excluding hydrogens is 162 g/mol. The number of benzene rings is 1. The van der Waals surface area contributed by atoms with Gasteiger partial charge in [-0.15, -0.1) is 0 Å². The number of hydrogen-bond donors (Lipinski definition) is 1. The van der Waals surface area contributed by atoms with Crippen LogP contribution in [0.15, 0.2) is 35.9 Å². The molecule has 13 heavy (non-hydrogen) atoms. The third-order valence-corrected chi connectivity index (χ3v) is 1.67. The van der Waals surface area contributed by atoms with Gasteiger partial charge in [-0.05, 0) is 12.5 Å². The van der Waals surface area contributed by atoms with Crippen LogP contribution in [0.25, 0.3) is 6.08 Å². The van der Waals surface area contributed by atoms with E-state index in [1.54, 1.807) is 0 Å². The third kappa shape index (κ3) is 3.56. The fourth-order valence-corrected chi connectivity index (χ4v) is 1.16. The molecule has 68 valence electrons. The highest BCUT2D eigenvalue weighted by Crippen LogP contribution is 2.08. The predicted octanol–water partition coefficient (Wildman–Crippen LogP) is 1.97. The summed E-state index contributed by atoms with van der Waals surface area (Å²) in [7, 11) is 0. The smallest absolute Gasteiger partial charge is 0.221 e. The maximum Gasteiger partial charge on any atom is 0.221 e. The molecule has 0 unspecified atom stereocenters. The Balaban J connectivity index is 2.71. The van der Waals surface area contributed by atoms with Gasteiger partial charge in [0.1, 0.15) is 0 Å². The van der Waals surface area contributed by atoms with E-state index in [0.29, 0.717) is 6.42 Å². The lowest BCUT2D eigenvalue weighted by atomic mass is 10.1. The van der Waals surface area contributed by atoms with Crippen LogP contribution < -0.4 is 5.73 Å². The molecule has 2 heteroatoms. The molecule has 1 rings (SSSR count). The SMILES string of the molecule is C/C(=C/c1ccccc1)CC(N)=O. The summed E-state index contributed by atoms with van der Waals surface area (Å²) in [6.07, 6.45) is 2.29. The van der Waals surface area contributed by atoms with Gasteiger partial charge in [0.25, 0.3) is 0 Å². The maximum absolute atomic E-state index is 10.6. The first-order chi connectivity index (χ1) is 6.18. The van der Waals surface area contributed by atoms with Gasteiger partial charge >= 0.3 is 0 Å². The Morgan fingerprint density at radius 2 is 2.00 bits per heavy atom. The van der Waals surface area contributed by atoms with Gasteiger partial charge in [0.2, 0.25) is 5.91 Å². The topological polar surface area (TPSA) is 43.1 Å². The molecule has 0 atom stereocenters. The standard InChI is InChI=1S/C11H13NO/c1-9(8-11(12)13)7-10-5-3-2-4-6-10/h2-7H,8H2,1H3,(H2,12,13)/b9-7-. The van der Waals surface area contributed by atoms with Gasteiger partial charge in [0.15, 0.2) is 0 Å². The predicted molar refractivity (Wildman–Crippen MR) is 53.9 cm³/mol. The number of primary amides is 1. The van der Waals surface area contributed by atoms with Crippen molar-refractivity contribution in [2.24, 2.45) is 5.73 Å². The Labute approximate surface area is 78.1 Å². The minimum Gasteiger partial charge on any atom is -0.369 e. The molecule has 0 aliphatic rings. The summed E-state index contributed by atoms with van der Waals surface area (Å²) >= 11 is 0. The van der Waals surface area contributed by atoms with Crippen LogP contribution in [-0.2, 0) is 4.79 Å². The largest absolute Gasteiger partial charge is 0.369 e. The highest BCUT2D eigenvalue weighted by atomic mass is 16.1. The highest BCUT2D eigenvalue weighted by molar-refractivity contribution is 5.78. The molecule has 1 aromatic carbocycles. The maximum atomic E-state index is 10.6. The number of amides is 1. The van der Waals surface area contributed by atoms with E-state index in [4.69, 9.17) is 5.73 Å². The monoisotopic (exact) mass is 175 g/mol. The van der Waals surface area contributed by atoms with Gasteiger partial charge in [-0.1, -0.05) is 42.0 Å². The molecule has 0 spiro atoms. The van der Waals surface area contributed by atoms with Gasteiger partial charge in [-0.25, -0.2) is 0 Å². The summed E-state index contributed by atoms with van der Waals surface area (Å²) in [4.78, 5) is 10.6. The Hall–Kier alpha value is -1.57. The van der Waals surface area contributed by atoms with Gasteiger partial charge in [-0.2, -0.15) is 0 Å². The van der Waals surface area contributed by atoms with Gasteiger partial charge < -0.3 is 5.73 Å². The quantitative estimate of drug-likeness (QED) is 0.749. The van der Waals surface area contributed by atoms with E-state index in [1.807, 2.05) is 43.3 Å². The first-order valence-electron chi connectivity index (χ1n) is 4.19. The second kappa shape index (κ2) is 4.45. The Kier molecular flexibility index (Phi) is 3.26. The molecule has 0 aromatic heterocycles. The summed E-state index contributed by atoms with van der Waals surface area (Å²) in [6, 6.07) is 9.86. The lowest BCUT2D eigenvalue weighted by molar-refractivity contribution is -0.117. The molecule has 0 radical (unpaired) electrons. The second-order valence-corrected chi connectivity index (χ2v) is 3.04. The first-order valence-corrected chi connectivity index (χ1v) is 4.19. The minimum atomic E-state index is -0.287. The molecule has 0 aliphatic heterocycles. The zero-order chi connectivity index (χ0) is 9.68. The van der Waals surface area contributed by atoms with Crippen molar-refractivity contribution in [3.63, 3.8) is 0 Å². The molecule has 0 heterocycles. The van der Waals surface area contributed by atoms with Gasteiger partial charge in [-0.3, -0.25) is 4.79 Å². The molecule has 0 saturated carbocycles. The first kappa shape index (κ1) is 9.52. The van der Waals surface area contributed by atoms with Crippen LogP contribution in [0.3, 0.4) is 0 Å². The van der Waals surface area contributed by atoms with Crippen LogP contribution in [0.2, 0.25) is 0 Å². The molecule has 1 aromatic rings. The third-order valence-electron chi connectivity index (χ3n) is 1.67. The summed E-state index contributed by atoms with van der Waals surface area (Å²) in [5.41, 5.74) is 7.15. The van der Waals surface area contributed by atoms with Crippen molar-refractivity contribution in [1.29, 1.82) is 0 Å². The van der Waals surface area contributed by atoms with Crippen molar-refractivity contribution in [1.82, 2.24) is 0 Å². The minimum absolute atomic E-state index is 0.287. The van der Waals surface area contributed by atoms with E-state index in [-0.39, 0.29) is 5.91 Å². The van der Waals surface area contributed by atoms with Crippen molar-refractivity contribution in [2.45, 2.75) is 13.3 Å². The lowest BCUT2D eigenvalue weighted by Gasteiger charge is -1.97. The van der Waals surface area contributed by atoms with E-state index in [9.17, 15) is 4.79 Å². The van der Waals surface area contributed by atoms with Crippen molar-refractivity contribution in [3.8, 4) is 0 Å². The van der Waals surface area contributed by atoms with Crippen LogP contribution in [0, 0.1) is 0 Å². The zero-order valence-electron chi connectivity index (χ0n) is 7.66. The molecule has 0 bridgehead atoms.